The van der Waals surface area contributed by atoms with Crippen molar-refractivity contribution in [1.29, 1.82) is 0 Å². The lowest BCUT2D eigenvalue weighted by atomic mass is 10.1. The lowest BCUT2D eigenvalue weighted by molar-refractivity contribution is -0.127. The van der Waals surface area contributed by atoms with Crippen molar-refractivity contribution in [2.75, 3.05) is 26.7 Å². The molecule has 1 heterocycles. The van der Waals surface area contributed by atoms with Crippen LogP contribution in [0.15, 0.2) is 18.2 Å². The van der Waals surface area contributed by atoms with Crippen LogP contribution in [0, 0.1) is 11.7 Å². The van der Waals surface area contributed by atoms with Crippen molar-refractivity contribution in [3.8, 4) is 0 Å². The smallest absolute Gasteiger partial charge is 0.219 e. The Morgan fingerprint density at radius 3 is 2.90 bits per heavy atom. The summed E-state index contributed by atoms with van der Waals surface area (Å²) in [7, 11) is 2.02. The molecule has 2 rings (SSSR count). The second-order valence-corrected chi connectivity index (χ2v) is 5.97. The van der Waals surface area contributed by atoms with E-state index in [0.29, 0.717) is 12.5 Å². The second-order valence-electron chi connectivity index (χ2n) is 5.56. The van der Waals surface area contributed by atoms with Crippen LogP contribution in [-0.4, -0.2) is 42.4 Å². The molecule has 0 N–H and O–H groups in total. The topological polar surface area (TPSA) is 23.6 Å². The first kappa shape index (κ1) is 15.3. The summed E-state index contributed by atoms with van der Waals surface area (Å²) in [4.78, 5) is 15.3. The zero-order valence-corrected chi connectivity index (χ0v) is 12.7. The standard InChI is InChI=1S/C15H20ClFN2O/c1-11(20)19-6-5-13(10-19)9-18(2)8-12-3-4-14(16)15(17)7-12/h3-4,7,13H,5-6,8-10H2,1-2H3. The van der Waals surface area contributed by atoms with E-state index in [1.54, 1.807) is 13.0 Å². The summed E-state index contributed by atoms with van der Waals surface area (Å²) in [5, 5.41) is 0.157. The highest BCUT2D eigenvalue weighted by atomic mass is 35.5. The number of hydrogen-bond acceptors (Lipinski definition) is 2. The van der Waals surface area contributed by atoms with Gasteiger partial charge in [0.2, 0.25) is 5.91 Å². The van der Waals surface area contributed by atoms with Crippen molar-refractivity contribution in [2.45, 2.75) is 19.9 Å². The molecule has 0 spiro atoms. The molecule has 1 fully saturated rings. The maximum Gasteiger partial charge on any atom is 0.219 e. The number of halogens is 2. The summed E-state index contributed by atoms with van der Waals surface area (Å²) in [5.74, 6) is 0.275. The predicted octanol–water partition coefficient (Wildman–Crippen LogP) is 2.78. The fraction of sp³-hybridized carbons (Fsp3) is 0.533. The van der Waals surface area contributed by atoms with E-state index in [1.807, 2.05) is 18.0 Å². The van der Waals surface area contributed by atoms with Gasteiger partial charge >= 0.3 is 0 Å². The molecule has 0 aromatic heterocycles. The van der Waals surface area contributed by atoms with E-state index in [0.717, 1.165) is 31.6 Å². The Labute approximate surface area is 124 Å². The molecule has 1 saturated heterocycles. The van der Waals surface area contributed by atoms with Gasteiger partial charge in [-0.25, -0.2) is 4.39 Å². The maximum atomic E-state index is 13.4. The van der Waals surface area contributed by atoms with Gasteiger partial charge in [0.05, 0.1) is 5.02 Å². The maximum absolute atomic E-state index is 13.4. The van der Waals surface area contributed by atoms with Crippen molar-refractivity contribution in [3.05, 3.63) is 34.6 Å². The zero-order chi connectivity index (χ0) is 14.7. The van der Waals surface area contributed by atoms with E-state index < -0.39 is 0 Å². The fourth-order valence-corrected chi connectivity index (χ4v) is 2.84. The van der Waals surface area contributed by atoms with E-state index >= 15 is 0 Å². The van der Waals surface area contributed by atoms with Crippen LogP contribution in [0.25, 0.3) is 0 Å². The van der Waals surface area contributed by atoms with Crippen LogP contribution in [0.1, 0.15) is 18.9 Å². The highest BCUT2D eigenvalue weighted by molar-refractivity contribution is 6.30. The molecule has 1 aromatic carbocycles. The largest absolute Gasteiger partial charge is 0.343 e. The first-order valence-electron chi connectivity index (χ1n) is 6.83. The van der Waals surface area contributed by atoms with E-state index in [2.05, 4.69) is 4.90 Å². The molecule has 1 unspecified atom stereocenters. The van der Waals surface area contributed by atoms with Crippen molar-refractivity contribution < 1.29 is 9.18 Å². The molecule has 3 nitrogen and oxygen atoms in total. The first-order valence-corrected chi connectivity index (χ1v) is 7.21. The lowest BCUT2D eigenvalue weighted by Crippen LogP contribution is -2.30. The van der Waals surface area contributed by atoms with Gasteiger partial charge in [-0.1, -0.05) is 17.7 Å². The van der Waals surface area contributed by atoms with Crippen LogP contribution in [0.2, 0.25) is 5.02 Å². The Hall–Kier alpha value is -1.13. The van der Waals surface area contributed by atoms with Crippen LogP contribution in [0.4, 0.5) is 4.39 Å². The Bertz CT molecular complexity index is 495. The molecule has 0 radical (unpaired) electrons. The predicted molar refractivity (Wildman–Crippen MR) is 78.1 cm³/mol. The first-order chi connectivity index (χ1) is 9.45. The van der Waals surface area contributed by atoms with Crippen molar-refractivity contribution >= 4 is 17.5 Å². The number of amides is 1. The van der Waals surface area contributed by atoms with Crippen LogP contribution in [0.3, 0.4) is 0 Å². The van der Waals surface area contributed by atoms with Gasteiger partial charge in [0.15, 0.2) is 0 Å². The van der Waals surface area contributed by atoms with Crippen LogP contribution in [0.5, 0.6) is 0 Å². The Morgan fingerprint density at radius 1 is 1.55 bits per heavy atom. The molecule has 1 aliphatic rings. The molecule has 110 valence electrons. The minimum absolute atomic E-state index is 0.148. The minimum atomic E-state index is -0.374. The number of likely N-dealkylation sites (tertiary alicyclic amines) is 1. The summed E-state index contributed by atoms with van der Waals surface area (Å²) in [6.07, 6.45) is 1.04. The van der Waals surface area contributed by atoms with Gasteiger partial charge in [0.25, 0.3) is 0 Å². The molecular weight excluding hydrogens is 279 g/mol. The van der Waals surface area contributed by atoms with Gasteiger partial charge in [-0.3, -0.25) is 4.79 Å². The fourth-order valence-electron chi connectivity index (χ4n) is 2.72. The lowest BCUT2D eigenvalue weighted by Gasteiger charge is -2.21. The second kappa shape index (κ2) is 6.55. The molecule has 1 aliphatic heterocycles. The summed E-state index contributed by atoms with van der Waals surface area (Å²) in [6.45, 7) is 4.89. The Morgan fingerprint density at radius 2 is 2.30 bits per heavy atom. The van der Waals surface area contributed by atoms with Crippen LogP contribution in [-0.2, 0) is 11.3 Å². The van der Waals surface area contributed by atoms with Gasteiger partial charge in [-0.2, -0.15) is 0 Å². The number of carbonyl (C=O) groups excluding carboxylic acids is 1. The average Bonchev–Trinajstić information content (AvgIpc) is 2.82. The average molecular weight is 299 g/mol. The third-order valence-corrected chi connectivity index (χ3v) is 4.04. The summed E-state index contributed by atoms with van der Waals surface area (Å²) in [6, 6.07) is 4.92. The molecule has 5 heteroatoms. The van der Waals surface area contributed by atoms with E-state index in [9.17, 15) is 9.18 Å². The van der Waals surface area contributed by atoms with Crippen molar-refractivity contribution in [2.24, 2.45) is 5.92 Å². The van der Waals surface area contributed by atoms with Crippen LogP contribution < -0.4 is 0 Å². The highest BCUT2D eigenvalue weighted by Gasteiger charge is 2.24. The quantitative estimate of drug-likeness (QED) is 0.853. The Balaban J connectivity index is 1.85. The molecule has 1 aromatic rings. The van der Waals surface area contributed by atoms with Gasteiger partial charge in [-0.05, 0) is 37.1 Å². The van der Waals surface area contributed by atoms with Gasteiger partial charge < -0.3 is 9.80 Å². The van der Waals surface area contributed by atoms with E-state index in [4.69, 9.17) is 11.6 Å². The number of hydrogen-bond donors (Lipinski definition) is 0. The normalized spacial score (nSPS) is 18.9. The number of rotatable bonds is 4. The third kappa shape index (κ3) is 3.93. The third-order valence-electron chi connectivity index (χ3n) is 3.74. The summed E-state index contributed by atoms with van der Waals surface area (Å²) in [5.41, 5.74) is 0.913. The molecular formula is C15H20ClFN2O. The Kier molecular flexibility index (Phi) is 5.00. The summed E-state index contributed by atoms with van der Waals surface area (Å²) < 4.78 is 13.4. The van der Waals surface area contributed by atoms with Crippen molar-refractivity contribution in [3.63, 3.8) is 0 Å². The van der Waals surface area contributed by atoms with Crippen LogP contribution >= 0.6 is 11.6 Å². The molecule has 0 aliphatic carbocycles. The van der Waals surface area contributed by atoms with Gasteiger partial charge in [-0.15, -0.1) is 0 Å². The van der Waals surface area contributed by atoms with Gasteiger partial charge in [0.1, 0.15) is 5.82 Å². The van der Waals surface area contributed by atoms with E-state index in [-0.39, 0.29) is 16.7 Å². The van der Waals surface area contributed by atoms with Crippen molar-refractivity contribution in [1.82, 2.24) is 9.80 Å². The minimum Gasteiger partial charge on any atom is -0.343 e. The summed E-state index contributed by atoms with van der Waals surface area (Å²) >= 11 is 5.67. The monoisotopic (exact) mass is 298 g/mol. The molecule has 1 amide bonds. The number of benzene rings is 1. The van der Waals surface area contributed by atoms with Gasteiger partial charge in [0, 0.05) is 33.1 Å². The highest BCUT2D eigenvalue weighted by Crippen LogP contribution is 2.19. The number of carbonyl (C=O) groups is 1. The molecule has 0 bridgehead atoms. The van der Waals surface area contributed by atoms with E-state index in [1.165, 1.54) is 6.07 Å². The molecule has 20 heavy (non-hydrogen) atoms. The SMILES string of the molecule is CC(=O)N1CCC(CN(C)Cc2ccc(Cl)c(F)c2)C1. The zero-order valence-electron chi connectivity index (χ0n) is 11.9. The molecule has 1 atom stereocenters. The molecule has 0 saturated carbocycles. The number of nitrogens with zero attached hydrogens (tertiary/aromatic N) is 2.